The van der Waals surface area contributed by atoms with E-state index in [4.69, 9.17) is 11.6 Å². The summed E-state index contributed by atoms with van der Waals surface area (Å²) in [6.07, 6.45) is 4.44. The van der Waals surface area contributed by atoms with Crippen LogP contribution in [0.2, 0.25) is 5.02 Å². The maximum atomic E-state index is 11.9. The highest BCUT2D eigenvalue weighted by molar-refractivity contribution is 6.31. The van der Waals surface area contributed by atoms with Gasteiger partial charge in [0.1, 0.15) is 0 Å². The minimum Gasteiger partial charge on any atom is -0.384 e. The lowest BCUT2D eigenvalue weighted by Gasteiger charge is -2.13. The molecule has 0 radical (unpaired) electrons. The second kappa shape index (κ2) is 8.73. The van der Waals surface area contributed by atoms with Crippen LogP contribution >= 0.6 is 11.6 Å². The summed E-state index contributed by atoms with van der Waals surface area (Å²) in [4.78, 5) is 16.2. The van der Waals surface area contributed by atoms with E-state index in [2.05, 4.69) is 29.5 Å². The molecule has 2 rings (SSSR count). The number of halogens is 1. The number of carbonyl (C=O) groups is 1. The molecule has 0 saturated carbocycles. The number of hydrogen-bond donors (Lipinski definition) is 2. The summed E-state index contributed by atoms with van der Waals surface area (Å²) in [6.45, 7) is 5.59. The number of nitrogens with one attached hydrogen (secondary N) is 2. The summed E-state index contributed by atoms with van der Waals surface area (Å²) in [5, 5.41) is 8.15. The van der Waals surface area contributed by atoms with Crippen molar-refractivity contribution >= 4 is 34.1 Å². The van der Waals surface area contributed by atoms with E-state index in [1.54, 1.807) is 6.20 Å². The van der Waals surface area contributed by atoms with E-state index in [0.29, 0.717) is 11.6 Å². The number of amides is 1. The van der Waals surface area contributed by atoms with E-state index in [1.807, 2.05) is 24.3 Å². The Labute approximate surface area is 142 Å². The molecule has 5 heteroatoms. The van der Waals surface area contributed by atoms with E-state index in [9.17, 15) is 4.79 Å². The van der Waals surface area contributed by atoms with Crippen molar-refractivity contribution in [2.75, 3.05) is 18.4 Å². The number of carbonyl (C=O) groups excluding carboxylic acids is 1. The third-order valence-corrected chi connectivity index (χ3v) is 4.26. The number of benzene rings is 1. The molecule has 0 unspecified atom stereocenters. The molecular weight excluding hydrogens is 310 g/mol. The van der Waals surface area contributed by atoms with Gasteiger partial charge in [-0.25, -0.2) is 0 Å². The van der Waals surface area contributed by atoms with Gasteiger partial charge in [0.05, 0.1) is 5.52 Å². The molecule has 0 atom stereocenters. The third kappa shape index (κ3) is 4.83. The summed E-state index contributed by atoms with van der Waals surface area (Å²) >= 11 is 5.99. The van der Waals surface area contributed by atoms with Crippen LogP contribution in [0.3, 0.4) is 0 Å². The van der Waals surface area contributed by atoms with Crippen LogP contribution in [0.4, 0.5) is 5.69 Å². The highest BCUT2D eigenvalue weighted by Crippen LogP contribution is 2.24. The molecule has 1 amide bonds. The smallest absolute Gasteiger partial charge is 0.223 e. The highest BCUT2D eigenvalue weighted by atomic mass is 35.5. The Bertz CT molecular complexity index is 656. The normalized spacial score (nSPS) is 11.0. The molecule has 0 spiro atoms. The van der Waals surface area contributed by atoms with Gasteiger partial charge >= 0.3 is 0 Å². The maximum absolute atomic E-state index is 11.9. The average molecular weight is 334 g/mol. The first-order valence-corrected chi connectivity index (χ1v) is 8.59. The Balaban J connectivity index is 1.82. The van der Waals surface area contributed by atoms with E-state index in [0.717, 1.165) is 42.4 Å². The number of nitrogens with zero attached hydrogens (tertiary/aromatic N) is 1. The molecule has 0 fully saturated rings. The maximum Gasteiger partial charge on any atom is 0.223 e. The zero-order valence-corrected chi connectivity index (χ0v) is 14.5. The number of anilines is 1. The summed E-state index contributed by atoms with van der Waals surface area (Å²) in [5.41, 5.74) is 1.92. The minimum absolute atomic E-state index is 0.136. The van der Waals surface area contributed by atoms with Crippen LogP contribution in [0.25, 0.3) is 10.9 Å². The summed E-state index contributed by atoms with van der Waals surface area (Å²) in [7, 11) is 0. The molecule has 2 N–H and O–H groups in total. The molecule has 0 aliphatic heterocycles. The standard InChI is InChI=1S/C18H24ClN3O/c1-3-13(4-2)18(23)22-10-5-9-20-16-8-11-21-17-12-14(19)6-7-15(16)17/h6-8,11-13H,3-5,9-10H2,1-2H3,(H,20,21)(H,22,23). The van der Waals surface area contributed by atoms with Crippen molar-refractivity contribution in [3.63, 3.8) is 0 Å². The van der Waals surface area contributed by atoms with Crippen molar-refractivity contribution in [2.45, 2.75) is 33.1 Å². The van der Waals surface area contributed by atoms with Crippen LogP contribution < -0.4 is 10.6 Å². The average Bonchev–Trinajstić information content (AvgIpc) is 2.55. The van der Waals surface area contributed by atoms with Crippen LogP contribution in [-0.4, -0.2) is 24.0 Å². The van der Waals surface area contributed by atoms with Crippen LogP contribution in [0.1, 0.15) is 33.1 Å². The largest absolute Gasteiger partial charge is 0.384 e. The molecule has 4 nitrogen and oxygen atoms in total. The van der Waals surface area contributed by atoms with Crippen molar-refractivity contribution in [1.82, 2.24) is 10.3 Å². The van der Waals surface area contributed by atoms with Gasteiger partial charge in [-0.05, 0) is 43.5 Å². The molecule has 0 aliphatic carbocycles. The van der Waals surface area contributed by atoms with E-state index < -0.39 is 0 Å². The second-order valence-corrected chi connectivity index (χ2v) is 6.04. The monoisotopic (exact) mass is 333 g/mol. The Morgan fingerprint density at radius 1 is 1.22 bits per heavy atom. The van der Waals surface area contributed by atoms with Crippen LogP contribution in [0, 0.1) is 5.92 Å². The van der Waals surface area contributed by atoms with Gasteiger partial charge < -0.3 is 10.6 Å². The minimum atomic E-state index is 0.136. The van der Waals surface area contributed by atoms with E-state index in [1.165, 1.54) is 0 Å². The molecular formula is C18H24ClN3O. The van der Waals surface area contributed by atoms with Gasteiger partial charge in [0.25, 0.3) is 0 Å². The molecule has 0 saturated heterocycles. The molecule has 2 aromatic rings. The quantitative estimate of drug-likeness (QED) is 0.710. The lowest BCUT2D eigenvalue weighted by Crippen LogP contribution is -2.31. The topological polar surface area (TPSA) is 54.0 Å². The summed E-state index contributed by atoms with van der Waals surface area (Å²) in [6, 6.07) is 7.66. The molecule has 124 valence electrons. The number of rotatable bonds is 8. The second-order valence-electron chi connectivity index (χ2n) is 5.60. The summed E-state index contributed by atoms with van der Waals surface area (Å²) < 4.78 is 0. The molecule has 0 bridgehead atoms. The van der Waals surface area contributed by atoms with Gasteiger partial charge in [0.2, 0.25) is 5.91 Å². The number of fused-ring (bicyclic) bond motifs is 1. The van der Waals surface area contributed by atoms with Crippen molar-refractivity contribution in [1.29, 1.82) is 0 Å². The predicted octanol–water partition coefficient (Wildman–Crippen LogP) is 4.24. The summed E-state index contributed by atoms with van der Waals surface area (Å²) in [5.74, 6) is 0.302. The highest BCUT2D eigenvalue weighted by Gasteiger charge is 2.12. The molecule has 1 heterocycles. The zero-order chi connectivity index (χ0) is 16.7. The van der Waals surface area contributed by atoms with Crippen molar-refractivity contribution in [2.24, 2.45) is 5.92 Å². The predicted molar refractivity (Wildman–Crippen MR) is 96.9 cm³/mol. The first kappa shape index (κ1) is 17.5. The molecule has 23 heavy (non-hydrogen) atoms. The third-order valence-electron chi connectivity index (χ3n) is 4.03. The molecule has 0 aliphatic rings. The Morgan fingerprint density at radius 3 is 2.74 bits per heavy atom. The van der Waals surface area contributed by atoms with Crippen molar-refractivity contribution in [3.05, 3.63) is 35.5 Å². The van der Waals surface area contributed by atoms with Gasteiger partial charge in [-0.1, -0.05) is 25.4 Å². The van der Waals surface area contributed by atoms with Gasteiger partial charge in [-0.3, -0.25) is 9.78 Å². The lowest BCUT2D eigenvalue weighted by molar-refractivity contribution is -0.125. The zero-order valence-electron chi connectivity index (χ0n) is 13.7. The number of pyridine rings is 1. The molecule has 1 aromatic carbocycles. The first-order chi connectivity index (χ1) is 11.2. The Kier molecular flexibility index (Phi) is 6.66. The first-order valence-electron chi connectivity index (χ1n) is 8.21. The lowest BCUT2D eigenvalue weighted by atomic mass is 10.0. The van der Waals surface area contributed by atoms with Gasteiger partial charge in [0, 0.05) is 41.3 Å². The van der Waals surface area contributed by atoms with Crippen molar-refractivity contribution in [3.8, 4) is 0 Å². The SMILES string of the molecule is CCC(CC)C(=O)NCCCNc1ccnc2cc(Cl)ccc12. The van der Waals surface area contributed by atoms with Gasteiger partial charge in [0.15, 0.2) is 0 Å². The molecule has 1 aromatic heterocycles. The van der Waals surface area contributed by atoms with Gasteiger partial charge in [-0.15, -0.1) is 0 Å². The van der Waals surface area contributed by atoms with E-state index in [-0.39, 0.29) is 11.8 Å². The fourth-order valence-electron chi connectivity index (χ4n) is 2.60. The number of aromatic nitrogens is 1. The fraction of sp³-hybridized carbons (Fsp3) is 0.444. The van der Waals surface area contributed by atoms with E-state index >= 15 is 0 Å². The van der Waals surface area contributed by atoms with Crippen LogP contribution in [0.15, 0.2) is 30.5 Å². The van der Waals surface area contributed by atoms with Gasteiger partial charge in [-0.2, -0.15) is 0 Å². The fourth-order valence-corrected chi connectivity index (χ4v) is 2.77. The van der Waals surface area contributed by atoms with Crippen molar-refractivity contribution < 1.29 is 4.79 Å². The van der Waals surface area contributed by atoms with Crippen LogP contribution in [-0.2, 0) is 4.79 Å². The van der Waals surface area contributed by atoms with Crippen LogP contribution in [0.5, 0.6) is 0 Å². The number of hydrogen-bond acceptors (Lipinski definition) is 3. The Morgan fingerprint density at radius 2 is 2.00 bits per heavy atom. The Hall–Kier alpha value is -1.81.